The molecule has 1 heterocycles. The number of aromatic nitrogens is 1. The predicted octanol–water partition coefficient (Wildman–Crippen LogP) is 7.82. The molecule has 2 aliphatic rings. The van der Waals surface area contributed by atoms with Gasteiger partial charge >= 0.3 is 0 Å². The smallest absolute Gasteiger partial charge is 0.0461 e. The first kappa shape index (κ1) is 24.1. The van der Waals surface area contributed by atoms with E-state index in [0.29, 0.717) is 0 Å². The van der Waals surface area contributed by atoms with E-state index in [1.165, 1.54) is 72.7 Å². The van der Waals surface area contributed by atoms with E-state index in [2.05, 4.69) is 84.7 Å². The molecule has 0 spiro atoms. The van der Waals surface area contributed by atoms with E-state index in [9.17, 15) is 0 Å². The van der Waals surface area contributed by atoms with Gasteiger partial charge in [0.2, 0.25) is 0 Å². The summed E-state index contributed by atoms with van der Waals surface area (Å²) in [6, 6.07) is 20.0. The van der Waals surface area contributed by atoms with Crippen LogP contribution in [0.4, 0.5) is 0 Å². The number of benzene rings is 2. The third kappa shape index (κ3) is 5.08. The Labute approximate surface area is 205 Å². The maximum absolute atomic E-state index is 3.85. The molecule has 3 heteroatoms. The molecule has 1 aromatic heterocycles. The minimum absolute atomic E-state index is 0. The van der Waals surface area contributed by atoms with Crippen molar-refractivity contribution in [2.24, 2.45) is 5.92 Å². The lowest BCUT2D eigenvalue weighted by Crippen LogP contribution is -2.47. The standard InChI is InChI=1S/C30H38N2.ClH/c1-32(2)30(22-24-13-7-4-8-14-24)19-17-25(18-20-30)29-27(21-23-11-5-3-6-12-23)26-15-9-10-16-28(26)31-29;/h4,7-10,13-17,23,31H,3,5-6,11-12,18-22H2,1-2H3;1H. The zero-order valence-corrected chi connectivity index (χ0v) is 21.1. The molecule has 1 fully saturated rings. The number of rotatable bonds is 6. The number of fused-ring (bicyclic) bond motifs is 1. The molecule has 2 nitrogen and oxygen atoms in total. The van der Waals surface area contributed by atoms with Crippen molar-refractivity contribution in [3.05, 3.63) is 77.5 Å². The van der Waals surface area contributed by atoms with E-state index in [0.717, 1.165) is 25.2 Å². The average Bonchev–Trinajstić information content (AvgIpc) is 3.19. The molecule has 2 aromatic carbocycles. The molecule has 33 heavy (non-hydrogen) atoms. The number of hydrogen-bond acceptors (Lipinski definition) is 1. The summed E-state index contributed by atoms with van der Waals surface area (Å²) >= 11 is 0. The maximum atomic E-state index is 3.85. The van der Waals surface area contributed by atoms with Crippen molar-refractivity contribution in [1.82, 2.24) is 9.88 Å². The van der Waals surface area contributed by atoms with Gasteiger partial charge in [-0.3, -0.25) is 0 Å². The van der Waals surface area contributed by atoms with E-state index in [1.54, 1.807) is 5.56 Å². The van der Waals surface area contributed by atoms with Crippen LogP contribution in [0.1, 0.15) is 68.2 Å². The highest BCUT2D eigenvalue weighted by atomic mass is 35.5. The quantitative estimate of drug-likeness (QED) is 0.395. The fourth-order valence-corrected chi connectivity index (χ4v) is 6.18. The number of halogens is 1. The summed E-state index contributed by atoms with van der Waals surface area (Å²) in [5.41, 5.74) is 7.52. The third-order valence-corrected chi connectivity index (χ3v) is 8.27. The highest BCUT2D eigenvalue weighted by Crippen LogP contribution is 2.41. The number of nitrogens with one attached hydrogen (secondary N) is 1. The van der Waals surface area contributed by atoms with Crippen molar-refractivity contribution in [3.63, 3.8) is 0 Å². The van der Waals surface area contributed by atoms with Gasteiger partial charge in [0.15, 0.2) is 0 Å². The van der Waals surface area contributed by atoms with Crippen LogP contribution in [0.5, 0.6) is 0 Å². The Morgan fingerprint density at radius 3 is 2.36 bits per heavy atom. The summed E-state index contributed by atoms with van der Waals surface area (Å²) in [5.74, 6) is 0.852. The van der Waals surface area contributed by atoms with Gasteiger partial charge in [0.25, 0.3) is 0 Å². The van der Waals surface area contributed by atoms with E-state index >= 15 is 0 Å². The van der Waals surface area contributed by atoms with Crippen LogP contribution in [-0.2, 0) is 12.8 Å². The highest BCUT2D eigenvalue weighted by molar-refractivity contribution is 5.89. The summed E-state index contributed by atoms with van der Waals surface area (Å²) in [7, 11) is 4.53. The molecule has 0 bridgehead atoms. The molecular formula is C30H39ClN2. The largest absolute Gasteiger partial charge is 0.355 e. The molecule has 5 rings (SSSR count). The van der Waals surface area contributed by atoms with E-state index < -0.39 is 0 Å². The van der Waals surface area contributed by atoms with Gasteiger partial charge in [-0.25, -0.2) is 0 Å². The Bertz CT molecular complexity index is 1080. The minimum atomic E-state index is 0. The topological polar surface area (TPSA) is 19.0 Å². The number of likely N-dealkylation sites (N-methyl/N-ethyl adjacent to an activating group) is 1. The first-order valence-corrected chi connectivity index (χ1v) is 12.6. The number of nitrogens with zero attached hydrogens (tertiary/aromatic N) is 1. The van der Waals surface area contributed by atoms with Crippen molar-refractivity contribution >= 4 is 28.9 Å². The lowest BCUT2D eigenvalue weighted by molar-refractivity contribution is 0.138. The Hall–Kier alpha value is -2.03. The second-order valence-electron chi connectivity index (χ2n) is 10.4. The molecule has 3 aromatic rings. The van der Waals surface area contributed by atoms with Crippen LogP contribution < -0.4 is 0 Å². The van der Waals surface area contributed by atoms with Gasteiger partial charge in [-0.05, 0) is 74.9 Å². The van der Waals surface area contributed by atoms with Gasteiger partial charge in [-0.15, -0.1) is 12.4 Å². The van der Waals surface area contributed by atoms with Gasteiger partial charge in [0.1, 0.15) is 0 Å². The van der Waals surface area contributed by atoms with Crippen molar-refractivity contribution in [1.29, 1.82) is 0 Å². The second kappa shape index (κ2) is 10.5. The summed E-state index contributed by atoms with van der Waals surface area (Å²) in [6.07, 6.45) is 15.4. The van der Waals surface area contributed by atoms with Crippen molar-refractivity contribution < 1.29 is 0 Å². The van der Waals surface area contributed by atoms with Crippen LogP contribution in [0, 0.1) is 5.92 Å². The molecule has 0 saturated heterocycles. The molecule has 2 aliphatic carbocycles. The molecule has 0 aliphatic heterocycles. The van der Waals surface area contributed by atoms with Gasteiger partial charge in [0.05, 0.1) is 0 Å². The molecule has 0 radical (unpaired) electrons. The Morgan fingerprint density at radius 2 is 1.67 bits per heavy atom. The SMILES string of the molecule is CN(C)C1(Cc2ccccc2)CC=C(c2[nH]c3ccccc3c2CC2CCCCC2)CC1.Cl. The Morgan fingerprint density at radius 1 is 0.939 bits per heavy atom. The number of hydrogen-bond donors (Lipinski definition) is 1. The lowest BCUT2D eigenvalue weighted by atomic mass is 9.76. The van der Waals surface area contributed by atoms with Gasteiger partial charge in [-0.2, -0.15) is 0 Å². The zero-order valence-electron chi connectivity index (χ0n) is 20.3. The summed E-state index contributed by atoms with van der Waals surface area (Å²) < 4.78 is 0. The fourth-order valence-electron chi connectivity index (χ4n) is 6.18. The van der Waals surface area contributed by atoms with Gasteiger partial charge < -0.3 is 9.88 Å². The van der Waals surface area contributed by atoms with Crippen LogP contribution in [-0.4, -0.2) is 29.5 Å². The molecule has 1 saturated carbocycles. The van der Waals surface area contributed by atoms with Crippen LogP contribution in [0.25, 0.3) is 16.5 Å². The number of H-pyrrole nitrogens is 1. The first-order chi connectivity index (χ1) is 15.6. The van der Waals surface area contributed by atoms with Crippen molar-refractivity contribution in [2.75, 3.05) is 14.1 Å². The normalized spacial score (nSPS) is 21.7. The van der Waals surface area contributed by atoms with Crippen molar-refractivity contribution in [2.45, 2.75) is 69.7 Å². The van der Waals surface area contributed by atoms with Crippen LogP contribution in [0.3, 0.4) is 0 Å². The molecule has 1 atom stereocenters. The van der Waals surface area contributed by atoms with Crippen LogP contribution in [0.2, 0.25) is 0 Å². The number of para-hydroxylation sites is 1. The van der Waals surface area contributed by atoms with E-state index in [4.69, 9.17) is 0 Å². The van der Waals surface area contributed by atoms with E-state index in [1.807, 2.05) is 0 Å². The third-order valence-electron chi connectivity index (χ3n) is 8.27. The van der Waals surface area contributed by atoms with E-state index in [-0.39, 0.29) is 17.9 Å². The van der Waals surface area contributed by atoms with Gasteiger partial charge in [-0.1, -0.05) is 86.7 Å². The molecular weight excluding hydrogens is 424 g/mol. The van der Waals surface area contributed by atoms with Crippen LogP contribution >= 0.6 is 12.4 Å². The summed E-state index contributed by atoms with van der Waals surface area (Å²) in [5, 5.41) is 1.45. The summed E-state index contributed by atoms with van der Waals surface area (Å²) in [4.78, 5) is 6.32. The average molecular weight is 463 g/mol. The fraction of sp³-hybridized carbons (Fsp3) is 0.467. The van der Waals surface area contributed by atoms with Crippen molar-refractivity contribution in [3.8, 4) is 0 Å². The number of aromatic amines is 1. The monoisotopic (exact) mass is 462 g/mol. The number of allylic oxidation sites excluding steroid dienone is 1. The first-order valence-electron chi connectivity index (χ1n) is 12.6. The second-order valence-corrected chi connectivity index (χ2v) is 10.4. The molecule has 0 amide bonds. The highest BCUT2D eigenvalue weighted by Gasteiger charge is 2.35. The Balaban J connectivity index is 0.00000259. The molecule has 176 valence electrons. The predicted molar refractivity (Wildman–Crippen MR) is 144 cm³/mol. The maximum Gasteiger partial charge on any atom is 0.0461 e. The minimum Gasteiger partial charge on any atom is -0.355 e. The van der Waals surface area contributed by atoms with Crippen LogP contribution in [0.15, 0.2) is 60.7 Å². The van der Waals surface area contributed by atoms with Gasteiger partial charge in [0, 0.05) is 22.1 Å². The summed E-state index contributed by atoms with van der Waals surface area (Å²) in [6.45, 7) is 0. The zero-order chi connectivity index (χ0) is 22.0. The Kier molecular flexibility index (Phi) is 7.66. The lowest BCUT2D eigenvalue weighted by Gasteiger charge is -2.42. The molecule has 1 N–H and O–H groups in total. The molecule has 1 unspecified atom stereocenters.